The molecule has 2 fully saturated rings. The van der Waals surface area contributed by atoms with Crippen LogP contribution in [0.3, 0.4) is 0 Å². The highest BCUT2D eigenvalue weighted by Gasteiger charge is 2.34. The summed E-state index contributed by atoms with van der Waals surface area (Å²) in [5.74, 6) is -0.828. The first-order chi connectivity index (χ1) is 20.4. The zero-order valence-electron chi connectivity index (χ0n) is 24.6. The summed E-state index contributed by atoms with van der Waals surface area (Å²) in [5.41, 5.74) is 3.86. The van der Waals surface area contributed by atoms with Crippen LogP contribution in [0.25, 0.3) is 0 Å². The SMILES string of the molecule is C=CCN(C[C@H]1C[C@@H](c2ccc(CO)cc2)O[C@@H](c2ccc(CNC(=O)CCCCCC(=O)O)cc2)O1)C1CCCC1. The Balaban J connectivity index is 1.38. The molecule has 2 aromatic carbocycles. The molecule has 8 nitrogen and oxygen atoms in total. The second-order valence-electron chi connectivity index (χ2n) is 11.5. The van der Waals surface area contributed by atoms with Crippen molar-refractivity contribution in [1.82, 2.24) is 10.2 Å². The summed E-state index contributed by atoms with van der Waals surface area (Å²) in [6.45, 7) is 6.10. The van der Waals surface area contributed by atoms with E-state index >= 15 is 0 Å². The Morgan fingerprint density at radius 1 is 0.929 bits per heavy atom. The van der Waals surface area contributed by atoms with Gasteiger partial charge in [-0.3, -0.25) is 14.5 Å². The van der Waals surface area contributed by atoms with E-state index in [1.54, 1.807) is 0 Å². The summed E-state index contributed by atoms with van der Waals surface area (Å²) in [5, 5.41) is 21.2. The predicted octanol–water partition coefficient (Wildman–Crippen LogP) is 5.81. The number of hydrogen-bond acceptors (Lipinski definition) is 6. The van der Waals surface area contributed by atoms with Crippen LogP contribution in [-0.4, -0.2) is 52.2 Å². The number of amides is 1. The summed E-state index contributed by atoms with van der Waals surface area (Å²) in [6, 6.07) is 16.5. The first kappa shape index (κ1) is 31.9. The number of carbonyl (C=O) groups excluding carboxylic acids is 1. The number of benzene rings is 2. The van der Waals surface area contributed by atoms with E-state index in [0.717, 1.165) is 48.2 Å². The van der Waals surface area contributed by atoms with E-state index in [1.165, 1.54) is 25.7 Å². The van der Waals surface area contributed by atoms with Crippen LogP contribution in [0.15, 0.2) is 61.2 Å². The molecule has 3 N–H and O–H groups in total. The van der Waals surface area contributed by atoms with Gasteiger partial charge in [-0.1, -0.05) is 73.9 Å². The van der Waals surface area contributed by atoms with Gasteiger partial charge in [-0.05, 0) is 42.4 Å². The summed E-state index contributed by atoms with van der Waals surface area (Å²) in [4.78, 5) is 25.3. The Bertz CT molecular complexity index is 1130. The van der Waals surface area contributed by atoms with Gasteiger partial charge in [0.1, 0.15) is 0 Å². The maximum atomic E-state index is 12.2. The van der Waals surface area contributed by atoms with Gasteiger partial charge in [0.25, 0.3) is 0 Å². The van der Waals surface area contributed by atoms with Crippen LogP contribution in [0.1, 0.15) is 98.9 Å². The molecule has 42 heavy (non-hydrogen) atoms. The number of hydrogen-bond donors (Lipinski definition) is 3. The number of unbranched alkanes of at least 4 members (excludes halogenated alkanes) is 2. The lowest BCUT2D eigenvalue weighted by Gasteiger charge is -2.39. The molecule has 1 saturated carbocycles. The molecule has 3 atom stereocenters. The molecule has 1 saturated heterocycles. The third kappa shape index (κ3) is 9.76. The number of aliphatic carboxylic acids is 1. The number of aliphatic hydroxyl groups is 1. The Morgan fingerprint density at radius 2 is 1.60 bits per heavy atom. The number of ether oxygens (including phenoxy) is 2. The number of aliphatic hydroxyl groups excluding tert-OH is 1. The number of nitrogens with zero attached hydrogens (tertiary/aromatic N) is 1. The number of nitrogens with one attached hydrogen (secondary N) is 1. The standard InChI is InChI=1S/C34H46N2O6/c1-2-20-36(29-8-6-7-9-29)23-30-21-31(27-16-14-26(24-37)15-17-27)42-34(41-30)28-18-12-25(13-19-28)22-35-32(38)10-4-3-5-11-33(39)40/h2,12-19,29-31,34,37H,1,3-11,20-24H2,(H,35,38)(H,39,40)/t30-,31+,34+/m1/s1. The third-order valence-corrected chi connectivity index (χ3v) is 8.29. The zero-order chi connectivity index (χ0) is 29.7. The van der Waals surface area contributed by atoms with Crippen LogP contribution in [0.2, 0.25) is 0 Å². The van der Waals surface area contributed by atoms with Crippen molar-refractivity contribution >= 4 is 11.9 Å². The topological polar surface area (TPSA) is 108 Å². The van der Waals surface area contributed by atoms with E-state index in [9.17, 15) is 14.7 Å². The van der Waals surface area contributed by atoms with E-state index in [2.05, 4.69) is 16.8 Å². The molecule has 0 aromatic heterocycles. The average Bonchev–Trinajstić information content (AvgIpc) is 3.55. The van der Waals surface area contributed by atoms with Gasteiger partial charge in [0.2, 0.25) is 5.91 Å². The highest BCUT2D eigenvalue weighted by atomic mass is 16.7. The minimum atomic E-state index is -0.798. The molecule has 228 valence electrons. The van der Waals surface area contributed by atoms with Gasteiger partial charge < -0.3 is 25.0 Å². The van der Waals surface area contributed by atoms with Crippen molar-refractivity contribution in [1.29, 1.82) is 0 Å². The Hall–Kier alpha value is -3.04. The molecular weight excluding hydrogens is 532 g/mol. The number of rotatable bonds is 16. The number of carbonyl (C=O) groups is 2. The third-order valence-electron chi connectivity index (χ3n) is 8.29. The lowest BCUT2D eigenvalue weighted by atomic mass is 9.99. The molecular formula is C34H46N2O6. The average molecular weight is 579 g/mol. The predicted molar refractivity (Wildman–Crippen MR) is 161 cm³/mol. The summed E-state index contributed by atoms with van der Waals surface area (Å²) < 4.78 is 13.1. The molecule has 2 aliphatic rings. The molecule has 1 amide bonds. The highest BCUT2D eigenvalue weighted by Crippen LogP contribution is 2.39. The molecule has 0 bridgehead atoms. The number of carboxylic acid groups (broad SMARTS) is 1. The van der Waals surface area contributed by atoms with Crippen LogP contribution in [0.4, 0.5) is 0 Å². The molecule has 8 heteroatoms. The van der Waals surface area contributed by atoms with Crippen LogP contribution < -0.4 is 5.32 Å². The van der Waals surface area contributed by atoms with Crippen molar-refractivity contribution in [2.24, 2.45) is 0 Å². The Labute approximate surface area is 249 Å². The monoisotopic (exact) mass is 578 g/mol. The van der Waals surface area contributed by atoms with Gasteiger partial charge in [0, 0.05) is 50.5 Å². The summed E-state index contributed by atoms with van der Waals surface area (Å²) in [7, 11) is 0. The smallest absolute Gasteiger partial charge is 0.303 e. The van der Waals surface area contributed by atoms with Crippen LogP contribution in [0, 0.1) is 0 Å². The number of carboxylic acids is 1. The van der Waals surface area contributed by atoms with Crippen molar-refractivity contribution in [2.45, 2.75) is 102 Å². The van der Waals surface area contributed by atoms with Crippen LogP contribution in [0.5, 0.6) is 0 Å². The molecule has 0 spiro atoms. The normalized spacial score (nSPS) is 21.0. The molecule has 1 heterocycles. The van der Waals surface area contributed by atoms with E-state index in [-0.39, 0.29) is 31.1 Å². The van der Waals surface area contributed by atoms with Gasteiger partial charge in [0.15, 0.2) is 6.29 Å². The first-order valence-electron chi connectivity index (χ1n) is 15.4. The van der Waals surface area contributed by atoms with Crippen LogP contribution >= 0.6 is 0 Å². The van der Waals surface area contributed by atoms with Crippen molar-refractivity contribution < 1.29 is 29.3 Å². The largest absolute Gasteiger partial charge is 0.481 e. The van der Waals surface area contributed by atoms with Gasteiger partial charge in [0.05, 0.1) is 18.8 Å². The maximum absolute atomic E-state index is 12.2. The van der Waals surface area contributed by atoms with Gasteiger partial charge >= 0.3 is 5.97 Å². The molecule has 2 aromatic rings. The molecule has 4 rings (SSSR count). The van der Waals surface area contributed by atoms with E-state index in [0.29, 0.717) is 31.8 Å². The summed E-state index contributed by atoms with van der Waals surface area (Å²) >= 11 is 0. The Morgan fingerprint density at radius 3 is 2.26 bits per heavy atom. The van der Waals surface area contributed by atoms with Gasteiger partial charge in [-0.15, -0.1) is 6.58 Å². The lowest BCUT2D eigenvalue weighted by Crippen LogP contribution is -2.43. The quantitative estimate of drug-likeness (QED) is 0.171. The molecule has 0 radical (unpaired) electrons. The van der Waals surface area contributed by atoms with Gasteiger partial charge in [-0.25, -0.2) is 0 Å². The fraction of sp³-hybridized carbons (Fsp3) is 0.529. The van der Waals surface area contributed by atoms with E-state index < -0.39 is 12.3 Å². The fourth-order valence-corrected chi connectivity index (χ4v) is 5.92. The molecule has 1 aliphatic heterocycles. The maximum Gasteiger partial charge on any atom is 0.303 e. The highest BCUT2D eigenvalue weighted by molar-refractivity contribution is 5.75. The van der Waals surface area contributed by atoms with E-state index in [1.807, 2.05) is 54.6 Å². The molecule has 0 unspecified atom stereocenters. The zero-order valence-corrected chi connectivity index (χ0v) is 24.6. The minimum Gasteiger partial charge on any atom is -0.481 e. The fourth-order valence-electron chi connectivity index (χ4n) is 5.92. The molecule has 1 aliphatic carbocycles. The first-order valence-corrected chi connectivity index (χ1v) is 15.4. The summed E-state index contributed by atoms with van der Waals surface area (Å²) in [6.07, 6.45) is 9.60. The van der Waals surface area contributed by atoms with E-state index in [4.69, 9.17) is 14.6 Å². The van der Waals surface area contributed by atoms with Crippen molar-refractivity contribution in [2.75, 3.05) is 13.1 Å². The van der Waals surface area contributed by atoms with Crippen LogP contribution in [-0.2, 0) is 32.2 Å². The van der Waals surface area contributed by atoms with Crippen molar-refractivity contribution in [3.05, 3.63) is 83.4 Å². The minimum absolute atomic E-state index is 0.0116. The second-order valence-corrected chi connectivity index (χ2v) is 11.5. The second kappa shape index (κ2) is 16.6. The van der Waals surface area contributed by atoms with Crippen molar-refractivity contribution in [3.63, 3.8) is 0 Å². The Kier molecular flexibility index (Phi) is 12.6. The van der Waals surface area contributed by atoms with Gasteiger partial charge in [-0.2, -0.15) is 0 Å². The lowest BCUT2D eigenvalue weighted by molar-refractivity contribution is -0.253. The van der Waals surface area contributed by atoms with Crippen molar-refractivity contribution in [3.8, 4) is 0 Å².